The number of aromatic nitrogens is 4. The fraction of sp³-hybridized carbons (Fsp3) is 0.217. The first-order chi connectivity index (χ1) is 15.2. The first kappa shape index (κ1) is 19.6. The summed E-state index contributed by atoms with van der Waals surface area (Å²) in [6.45, 7) is 0.679. The predicted octanol–water partition coefficient (Wildman–Crippen LogP) is 3.69. The van der Waals surface area contributed by atoms with Gasteiger partial charge in [0.15, 0.2) is 11.5 Å². The molecule has 0 spiro atoms. The van der Waals surface area contributed by atoms with Crippen molar-refractivity contribution in [2.24, 2.45) is 0 Å². The van der Waals surface area contributed by atoms with Crippen LogP contribution in [0, 0.1) is 0 Å². The van der Waals surface area contributed by atoms with E-state index in [0.717, 1.165) is 41.0 Å². The summed E-state index contributed by atoms with van der Waals surface area (Å²) in [4.78, 5) is 25.8. The molecule has 1 aromatic carbocycles. The number of nitrogens with one attached hydrogen (secondary N) is 2. The molecule has 0 aliphatic heterocycles. The number of anilines is 1. The minimum Gasteiger partial charge on any atom is -0.366 e. The molecule has 0 radical (unpaired) electrons. The van der Waals surface area contributed by atoms with Gasteiger partial charge in [-0.3, -0.25) is 14.2 Å². The van der Waals surface area contributed by atoms with Crippen molar-refractivity contribution in [2.45, 2.75) is 18.9 Å². The second-order valence-electron chi connectivity index (χ2n) is 7.52. The monoisotopic (exact) mass is 430 g/mol. The van der Waals surface area contributed by atoms with Crippen LogP contribution in [0.3, 0.4) is 0 Å². The Morgan fingerprint density at radius 2 is 1.87 bits per heavy atom. The lowest BCUT2D eigenvalue weighted by atomic mass is 10.1. The number of imidazole rings is 1. The second kappa shape index (κ2) is 8.39. The Bertz CT molecular complexity index is 1220. The lowest BCUT2D eigenvalue weighted by Crippen LogP contribution is -2.25. The third kappa shape index (κ3) is 4.11. The van der Waals surface area contributed by atoms with Crippen LogP contribution in [0.25, 0.3) is 28.2 Å². The number of benzene rings is 1. The zero-order chi connectivity index (χ0) is 21.2. The van der Waals surface area contributed by atoms with E-state index in [0.29, 0.717) is 29.7 Å². The van der Waals surface area contributed by atoms with E-state index in [2.05, 4.69) is 33.2 Å². The molecule has 1 aliphatic rings. The van der Waals surface area contributed by atoms with Crippen molar-refractivity contribution < 1.29 is 4.79 Å². The summed E-state index contributed by atoms with van der Waals surface area (Å²) >= 11 is 4.30. The summed E-state index contributed by atoms with van der Waals surface area (Å²) in [6.07, 6.45) is 9.46. The van der Waals surface area contributed by atoms with Crippen LogP contribution in [0.2, 0.25) is 0 Å². The number of hydrogen-bond donors (Lipinski definition) is 3. The summed E-state index contributed by atoms with van der Waals surface area (Å²) in [7, 11) is 0. The van der Waals surface area contributed by atoms with E-state index < -0.39 is 0 Å². The number of pyridine rings is 1. The number of carbonyl (C=O) groups excluding carboxylic acids is 1. The fourth-order valence-corrected chi connectivity index (χ4v) is 3.56. The van der Waals surface area contributed by atoms with Gasteiger partial charge in [-0.25, -0.2) is 9.97 Å². The SMILES string of the molecule is O=C(NC1CC1)c1ccc(-c2cnc3c(NCCS)nc(-c4ccncc4)cn23)cc1. The molecule has 0 unspecified atom stereocenters. The molecule has 1 amide bonds. The molecular formula is C23H22N6OS. The number of nitrogens with zero attached hydrogens (tertiary/aromatic N) is 4. The number of amides is 1. The first-order valence-electron chi connectivity index (χ1n) is 10.3. The summed E-state index contributed by atoms with van der Waals surface area (Å²) in [5.41, 5.74) is 5.09. The van der Waals surface area contributed by atoms with Gasteiger partial charge in [-0.05, 0) is 37.1 Å². The molecule has 0 bridgehead atoms. The Morgan fingerprint density at radius 3 is 2.58 bits per heavy atom. The normalized spacial score (nSPS) is 13.3. The molecule has 1 saturated carbocycles. The summed E-state index contributed by atoms with van der Waals surface area (Å²) < 4.78 is 2.03. The molecule has 3 aromatic heterocycles. The van der Waals surface area contributed by atoms with E-state index in [1.807, 2.05) is 53.2 Å². The highest BCUT2D eigenvalue weighted by molar-refractivity contribution is 7.80. The number of fused-ring (bicyclic) bond motifs is 1. The molecule has 7 nitrogen and oxygen atoms in total. The Labute approximate surface area is 185 Å². The molecule has 0 atom stereocenters. The van der Waals surface area contributed by atoms with E-state index in [9.17, 15) is 4.79 Å². The largest absolute Gasteiger partial charge is 0.366 e. The van der Waals surface area contributed by atoms with Crippen LogP contribution in [0.5, 0.6) is 0 Å². The number of carbonyl (C=O) groups is 1. The molecule has 1 fully saturated rings. The third-order valence-corrected chi connectivity index (χ3v) is 5.45. The molecule has 5 rings (SSSR count). The van der Waals surface area contributed by atoms with Crippen molar-refractivity contribution in [1.29, 1.82) is 0 Å². The summed E-state index contributed by atoms with van der Waals surface area (Å²) in [5, 5.41) is 6.34. The lowest BCUT2D eigenvalue weighted by Gasteiger charge is -2.11. The predicted molar refractivity (Wildman–Crippen MR) is 124 cm³/mol. The van der Waals surface area contributed by atoms with Crippen LogP contribution >= 0.6 is 12.6 Å². The Kier molecular flexibility index (Phi) is 5.30. The minimum atomic E-state index is -0.0189. The summed E-state index contributed by atoms with van der Waals surface area (Å²) in [6, 6.07) is 11.8. The Balaban J connectivity index is 1.54. The van der Waals surface area contributed by atoms with Crippen LogP contribution in [0.4, 0.5) is 5.82 Å². The van der Waals surface area contributed by atoms with Gasteiger partial charge in [-0.2, -0.15) is 12.6 Å². The van der Waals surface area contributed by atoms with E-state index in [4.69, 9.17) is 4.98 Å². The molecule has 31 heavy (non-hydrogen) atoms. The minimum absolute atomic E-state index is 0.0189. The van der Waals surface area contributed by atoms with Crippen LogP contribution < -0.4 is 10.6 Å². The summed E-state index contributed by atoms with van der Waals surface area (Å²) in [5.74, 6) is 1.37. The van der Waals surface area contributed by atoms with Crippen LogP contribution in [-0.4, -0.2) is 43.6 Å². The average Bonchev–Trinajstić information content (AvgIpc) is 3.53. The average molecular weight is 431 g/mol. The molecular weight excluding hydrogens is 408 g/mol. The van der Waals surface area contributed by atoms with Crippen molar-refractivity contribution in [2.75, 3.05) is 17.6 Å². The van der Waals surface area contributed by atoms with E-state index in [-0.39, 0.29) is 5.91 Å². The van der Waals surface area contributed by atoms with Gasteiger partial charge in [0, 0.05) is 53.6 Å². The van der Waals surface area contributed by atoms with E-state index in [1.54, 1.807) is 12.4 Å². The van der Waals surface area contributed by atoms with Crippen molar-refractivity contribution in [3.63, 3.8) is 0 Å². The van der Waals surface area contributed by atoms with Gasteiger partial charge in [0.25, 0.3) is 5.91 Å². The Morgan fingerprint density at radius 1 is 1.10 bits per heavy atom. The lowest BCUT2D eigenvalue weighted by molar-refractivity contribution is 0.0951. The molecule has 4 aromatic rings. The van der Waals surface area contributed by atoms with Gasteiger partial charge < -0.3 is 10.6 Å². The van der Waals surface area contributed by atoms with Gasteiger partial charge in [0.2, 0.25) is 0 Å². The molecule has 1 aliphatic carbocycles. The maximum absolute atomic E-state index is 12.3. The maximum Gasteiger partial charge on any atom is 0.251 e. The topological polar surface area (TPSA) is 84.2 Å². The number of hydrogen-bond acceptors (Lipinski definition) is 6. The van der Waals surface area contributed by atoms with Gasteiger partial charge in [0.1, 0.15) is 0 Å². The molecule has 8 heteroatoms. The number of rotatable bonds is 7. The van der Waals surface area contributed by atoms with Gasteiger partial charge in [-0.1, -0.05) is 12.1 Å². The van der Waals surface area contributed by atoms with Gasteiger partial charge >= 0.3 is 0 Å². The van der Waals surface area contributed by atoms with Crippen LogP contribution in [-0.2, 0) is 0 Å². The van der Waals surface area contributed by atoms with Gasteiger partial charge in [0.05, 0.1) is 17.6 Å². The zero-order valence-electron chi connectivity index (χ0n) is 16.8. The Hall–Kier alpha value is -3.39. The second-order valence-corrected chi connectivity index (χ2v) is 7.97. The van der Waals surface area contributed by atoms with Crippen molar-refractivity contribution in [3.05, 3.63) is 66.7 Å². The highest BCUT2D eigenvalue weighted by Gasteiger charge is 2.23. The molecule has 0 saturated heterocycles. The standard InChI is InChI=1S/C23H22N6OS/c30-23(27-18-5-6-18)17-3-1-16(2-4-17)20-13-26-22-21(25-11-12-31)28-19(14-29(20)22)15-7-9-24-10-8-15/h1-4,7-10,13-14,18,31H,5-6,11-12H2,(H,25,28)(H,27,30). The molecule has 156 valence electrons. The maximum atomic E-state index is 12.3. The van der Waals surface area contributed by atoms with Crippen molar-refractivity contribution in [1.82, 2.24) is 24.7 Å². The van der Waals surface area contributed by atoms with Crippen LogP contribution in [0.15, 0.2) is 61.2 Å². The van der Waals surface area contributed by atoms with E-state index in [1.165, 1.54) is 0 Å². The molecule has 2 N–H and O–H groups in total. The van der Waals surface area contributed by atoms with Crippen molar-refractivity contribution >= 4 is 30.0 Å². The van der Waals surface area contributed by atoms with Gasteiger partial charge in [-0.15, -0.1) is 0 Å². The zero-order valence-corrected chi connectivity index (χ0v) is 17.7. The smallest absolute Gasteiger partial charge is 0.251 e. The first-order valence-corrected chi connectivity index (χ1v) is 10.9. The number of thiol groups is 1. The van der Waals surface area contributed by atoms with Crippen molar-refractivity contribution in [3.8, 4) is 22.5 Å². The van der Waals surface area contributed by atoms with Crippen LogP contribution in [0.1, 0.15) is 23.2 Å². The molecule has 3 heterocycles. The third-order valence-electron chi connectivity index (χ3n) is 5.23. The fourth-order valence-electron chi connectivity index (χ4n) is 3.45. The highest BCUT2D eigenvalue weighted by atomic mass is 32.1. The highest BCUT2D eigenvalue weighted by Crippen LogP contribution is 2.28. The quantitative estimate of drug-likeness (QED) is 0.390. The van der Waals surface area contributed by atoms with E-state index >= 15 is 0 Å².